The Morgan fingerprint density at radius 2 is 1.74 bits per heavy atom. The third-order valence-electron chi connectivity index (χ3n) is 2.80. The van der Waals surface area contributed by atoms with Crippen LogP contribution in [0, 0.1) is 6.92 Å². The molecule has 0 heterocycles. The number of halogens is 1. The first kappa shape index (κ1) is 13.3. The molecule has 2 aromatic carbocycles. The zero-order valence-corrected chi connectivity index (χ0v) is 10.7. The summed E-state index contributed by atoms with van der Waals surface area (Å²) in [6.45, 7) is 2.00. The Morgan fingerprint density at radius 3 is 2.37 bits per heavy atom. The fraction of sp³-hybridized carbons (Fsp3) is 0.188. The second-order valence-corrected chi connectivity index (χ2v) is 4.37. The van der Waals surface area contributed by atoms with Crippen LogP contribution < -0.4 is 0 Å². The van der Waals surface area contributed by atoms with Crippen LogP contribution in [-0.2, 0) is 16.1 Å². The number of hydrogen-bond donors (Lipinski definition) is 0. The van der Waals surface area contributed by atoms with Crippen LogP contribution in [-0.4, -0.2) is 5.97 Å². The molecule has 0 aliphatic carbocycles. The van der Waals surface area contributed by atoms with Crippen molar-refractivity contribution in [3.05, 3.63) is 71.3 Å². The minimum absolute atomic E-state index is 0.0892. The zero-order chi connectivity index (χ0) is 13.7. The number of carbonyl (C=O) groups excluding carboxylic acids is 1. The molecule has 0 aliphatic heterocycles. The lowest BCUT2D eigenvalue weighted by molar-refractivity contribution is -0.151. The number of alkyl halides is 1. The molecule has 0 bridgehead atoms. The third-order valence-corrected chi connectivity index (χ3v) is 2.80. The molecular formula is C16H15FO2. The van der Waals surface area contributed by atoms with E-state index in [-0.39, 0.29) is 6.61 Å². The summed E-state index contributed by atoms with van der Waals surface area (Å²) in [6, 6.07) is 16.0. The second-order valence-electron chi connectivity index (χ2n) is 4.37. The van der Waals surface area contributed by atoms with Crippen LogP contribution in [0.5, 0.6) is 0 Å². The summed E-state index contributed by atoms with van der Waals surface area (Å²) in [5.41, 5.74) is 2.18. The predicted octanol–water partition coefficient (Wildman–Crippen LogP) is 3.75. The van der Waals surface area contributed by atoms with Gasteiger partial charge in [0.05, 0.1) is 0 Å². The van der Waals surface area contributed by atoms with Crippen molar-refractivity contribution >= 4 is 5.97 Å². The number of carbonyl (C=O) groups is 1. The number of aryl methyl sites for hydroxylation is 1. The minimum atomic E-state index is -1.73. The van der Waals surface area contributed by atoms with Crippen molar-refractivity contribution in [1.82, 2.24) is 0 Å². The first-order valence-electron chi connectivity index (χ1n) is 6.08. The molecule has 0 aromatic heterocycles. The molecule has 0 saturated carbocycles. The lowest BCUT2D eigenvalue weighted by Gasteiger charge is -2.09. The molecule has 0 spiro atoms. The maximum absolute atomic E-state index is 13.9. The fourth-order valence-corrected chi connectivity index (χ4v) is 1.67. The molecule has 0 saturated heterocycles. The quantitative estimate of drug-likeness (QED) is 0.781. The Labute approximate surface area is 111 Å². The van der Waals surface area contributed by atoms with Crippen molar-refractivity contribution in [1.29, 1.82) is 0 Å². The zero-order valence-electron chi connectivity index (χ0n) is 10.7. The van der Waals surface area contributed by atoms with Gasteiger partial charge in [-0.15, -0.1) is 0 Å². The molecule has 0 fully saturated rings. The Balaban J connectivity index is 1.94. The number of hydrogen-bond acceptors (Lipinski definition) is 2. The highest BCUT2D eigenvalue weighted by atomic mass is 19.1. The fourth-order valence-electron chi connectivity index (χ4n) is 1.67. The molecule has 0 aliphatic rings. The average molecular weight is 258 g/mol. The van der Waals surface area contributed by atoms with Crippen molar-refractivity contribution < 1.29 is 13.9 Å². The SMILES string of the molecule is Cc1ccc(C(F)C(=O)OCc2ccccc2)cc1. The third kappa shape index (κ3) is 3.65. The van der Waals surface area contributed by atoms with Gasteiger partial charge < -0.3 is 4.74 Å². The summed E-state index contributed by atoms with van der Waals surface area (Å²) in [7, 11) is 0. The van der Waals surface area contributed by atoms with Crippen molar-refractivity contribution in [2.24, 2.45) is 0 Å². The molecule has 2 rings (SSSR count). The molecule has 2 nitrogen and oxygen atoms in total. The summed E-state index contributed by atoms with van der Waals surface area (Å²) in [5.74, 6) is -0.854. The molecular weight excluding hydrogens is 243 g/mol. The highest BCUT2D eigenvalue weighted by Crippen LogP contribution is 2.20. The minimum Gasteiger partial charge on any atom is -0.458 e. The molecule has 98 valence electrons. The van der Waals surface area contributed by atoms with Gasteiger partial charge in [0.15, 0.2) is 0 Å². The van der Waals surface area contributed by atoms with Gasteiger partial charge in [0.25, 0.3) is 0 Å². The Kier molecular flexibility index (Phi) is 4.29. The van der Waals surface area contributed by atoms with Crippen LogP contribution in [0.4, 0.5) is 4.39 Å². The van der Waals surface area contributed by atoms with E-state index in [9.17, 15) is 9.18 Å². The lowest BCUT2D eigenvalue weighted by Crippen LogP contribution is -2.12. The average Bonchev–Trinajstić information content (AvgIpc) is 2.46. The van der Waals surface area contributed by atoms with Crippen molar-refractivity contribution in [2.75, 3.05) is 0 Å². The number of benzene rings is 2. The van der Waals surface area contributed by atoms with Crippen LogP contribution in [0.1, 0.15) is 22.9 Å². The van der Waals surface area contributed by atoms with Gasteiger partial charge in [-0.05, 0) is 18.1 Å². The predicted molar refractivity (Wildman–Crippen MR) is 71.3 cm³/mol. The van der Waals surface area contributed by atoms with E-state index < -0.39 is 12.1 Å². The molecule has 3 heteroatoms. The lowest BCUT2D eigenvalue weighted by atomic mass is 10.1. The Morgan fingerprint density at radius 1 is 1.11 bits per heavy atom. The topological polar surface area (TPSA) is 26.3 Å². The van der Waals surface area contributed by atoms with E-state index in [2.05, 4.69) is 0 Å². The van der Waals surface area contributed by atoms with Crippen LogP contribution in [0.3, 0.4) is 0 Å². The van der Waals surface area contributed by atoms with Crippen molar-refractivity contribution in [2.45, 2.75) is 19.7 Å². The summed E-state index contributed by atoms with van der Waals surface area (Å²) in [5, 5.41) is 0. The van der Waals surface area contributed by atoms with Gasteiger partial charge >= 0.3 is 5.97 Å². The van der Waals surface area contributed by atoms with Crippen LogP contribution in [0.15, 0.2) is 54.6 Å². The number of ether oxygens (including phenoxy) is 1. The molecule has 2 aromatic rings. The maximum atomic E-state index is 13.9. The van der Waals surface area contributed by atoms with Crippen LogP contribution in [0.2, 0.25) is 0 Å². The highest BCUT2D eigenvalue weighted by molar-refractivity contribution is 5.76. The summed E-state index contributed by atoms with van der Waals surface area (Å²) < 4.78 is 18.8. The molecule has 0 amide bonds. The number of esters is 1. The Bertz CT molecular complexity index is 534. The summed E-state index contributed by atoms with van der Waals surface area (Å²) in [6.07, 6.45) is -1.73. The van der Waals surface area contributed by atoms with Gasteiger partial charge in [0.2, 0.25) is 6.17 Å². The van der Waals surface area contributed by atoms with Gasteiger partial charge in [-0.3, -0.25) is 0 Å². The van der Waals surface area contributed by atoms with E-state index in [1.54, 1.807) is 24.3 Å². The molecule has 19 heavy (non-hydrogen) atoms. The Hall–Kier alpha value is -2.16. The standard InChI is InChI=1S/C16H15FO2/c1-12-7-9-14(10-8-12)15(17)16(18)19-11-13-5-3-2-4-6-13/h2-10,15H,11H2,1H3. The van der Waals surface area contributed by atoms with Gasteiger partial charge in [-0.25, -0.2) is 9.18 Å². The molecule has 0 radical (unpaired) electrons. The van der Waals surface area contributed by atoms with Gasteiger partial charge in [0, 0.05) is 0 Å². The first-order chi connectivity index (χ1) is 9.16. The van der Waals surface area contributed by atoms with E-state index in [0.29, 0.717) is 5.56 Å². The molecule has 1 unspecified atom stereocenters. The number of rotatable bonds is 4. The van der Waals surface area contributed by atoms with E-state index in [0.717, 1.165) is 11.1 Å². The maximum Gasteiger partial charge on any atom is 0.345 e. The summed E-state index contributed by atoms with van der Waals surface area (Å²) in [4.78, 5) is 11.6. The first-order valence-corrected chi connectivity index (χ1v) is 6.08. The van der Waals surface area contributed by atoms with Gasteiger partial charge in [0.1, 0.15) is 6.61 Å². The molecule has 1 atom stereocenters. The summed E-state index contributed by atoms with van der Waals surface area (Å²) >= 11 is 0. The van der Waals surface area contributed by atoms with Gasteiger partial charge in [-0.2, -0.15) is 0 Å². The van der Waals surface area contributed by atoms with E-state index in [1.165, 1.54) is 0 Å². The van der Waals surface area contributed by atoms with Crippen molar-refractivity contribution in [3.63, 3.8) is 0 Å². The van der Waals surface area contributed by atoms with E-state index >= 15 is 0 Å². The van der Waals surface area contributed by atoms with Crippen LogP contribution in [0.25, 0.3) is 0 Å². The highest BCUT2D eigenvalue weighted by Gasteiger charge is 2.21. The monoisotopic (exact) mass is 258 g/mol. The molecule has 0 N–H and O–H groups in total. The second kappa shape index (κ2) is 6.14. The largest absolute Gasteiger partial charge is 0.458 e. The van der Waals surface area contributed by atoms with E-state index in [1.807, 2.05) is 37.3 Å². The van der Waals surface area contributed by atoms with Gasteiger partial charge in [-0.1, -0.05) is 60.2 Å². The van der Waals surface area contributed by atoms with E-state index in [4.69, 9.17) is 4.74 Å². The van der Waals surface area contributed by atoms with Crippen molar-refractivity contribution in [3.8, 4) is 0 Å². The normalized spacial score (nSPS) is 11.9. The smallest absolute Gasteiger partial charge is 0.345 e. The van der Waals surface area contributed by atoms with Crippen LogP contribution >= 0.6 is 0 Å².